The number of hydrogen-bond acceptors (Lipinski definition) is 10. The molecule has 0 aliphatic heterocycles. The number of anilines is 1. The van der Waals surface area contributed by atoms with Gasteiger partial charge in [0.1, 0.15) is 34.4 Å². The Morgan fingerprint density at radius 2 is 1.84 bits per heavy atom. The van der Waals surface area contributed by atoms with Gasteiger partial charge in [-0.2, -0.15) is 0 Å². The number of hydrogen-bond donors (Lipinski definition) is 6. The number of primary amides is 1. The number of amides is 2. The predicted molar refractivity (Wildman–Crippen MR) is 157 cm³/mol. The van der Waals surface area contributed by atoms with Crippen LogP contribution in [0.25, 0.3) is 5.76 Å². The fourth-order valence-corrected chi connectivity index (χ4v) is 7.03. The molecule has 3 aliphatic rings. The molecule has 2 aromatic rings. The number of phenolic OH excluding ortho intramolecular Hbond substituents is 1. The number of carbonyl (C=O) groups is 4. The minimum Gasteiger partial charge on any atom is -0.508 e. The summed E-state index contributed by atoms with van der Waals surface area (Å²) in [5, 5.41) is 47.7. The Morgan fingerprint density at radius 1 is 1.19 bits per heavy atom. The van der Waals surface area contributed by atoms with Crippen molar-refractivity contribution in [1.82, 2.24) is 4.90 Å². The van der Waals surface area contributed by atoms with E-state index in [0.29, 0.717) is 9.13 Å². The normalized spacial score (nSPS) is 24.8. The van der Waals surface area contributed by atoms with Gasteiger partial charge in [0, 0.05) is 15.1 Å². The molecular formula is C29H27FIN3O9. The molecule has 14 heteroatoms. The number of carbonyl (C=O) groups excluding carboxylic acids is 4. The van der Waals surface area contributed by atoms with Gasteiger partial charge in [-0.05, 0) is 91.3 Å². The largest absolute Gasteiger partial charge is 0.508 e. The SMILES string of the molecule is CN(C)[C@@H]1C(=O)C(C(N)=O)=C(O)C2(O)C(=O)C3=C(O)c4c(O)c(NC(=O)COc5ccc(F)cc5)cc(I)c4CC3CC12. The summed E-state index contributed by atoms with van der Waals surface area (Å²) < 4.78 is 19.0. The van der Waals surface area contributed by atoms with Gasteiger partial charge >= 0.3 is 0 Å². The maximum absolute atomic E-state index is 14.0. The number of aliphatic hydroxyl groups is 3. The first-order valence-corrected chi connectivity index (χ1v) is 14.1. The van der Waals surface area contributed by atoms with E-state index >= 15 is 0 Å². The van der Waals surface area contributed by atoms with Crippen molar-refractivity contribution in [2.24, 2.45) is 17.6 Å². The van der Waals surface area contributed by atoms with E-state index in [0.717, 1.165) is 12.1 Å². The number of ketones is 2. The van der Waals surface area contributed by atoms with E-state index < -0.39 is 82.1 Å². The van der Waals surface area contributed by atoms with Crippen LogP contribution in [0.5, 0.6) is 11.5 Å². The van der Waals surface area contributed by atoms with E-state index in [2.05, 4.69) is 5.32 Å². The number of nitrogens with two attached hydrogens (primary N) is 1. The summed E-state index contributed by atoms with van der Waals surface area (Å²) in [6.45, 7) is -0.486. The highest BCUT2D eigenvalue weighted by molar-refractivity contribution is 14.1. The van der Waals surface area contributed by atoms with Crippen LogP contribution < -0.4 is 15.8 Å². The van der Waals surface area contributed by atoms with Crippen molar-refractivity contribution in [2.75, 3.05) is 26.0 Å². The molecule has 7 N–H and O–H groups in total. The van der Waals surface area contributed by atoms with Crippen molar-refractivity contribution < 1.29 is 48.7 Å². The Hall–Kier alpha value is -4.02. The zero-order chi connectivity index (χ0) is 31.5. The van der Waals surface area contributed by atoms with Crippen molar-refractivity contribution in [3.63, 3.8) is 0 Å². The first kappa shape index (κ1) is 30.4. The zero-order valence-corrected chi connectivity index (χ0v) is 25.0. The molecule has 0 heterocycles. The molecule has 226 valence electrons. The van der Waals surface area contributed by atoms with Gasteiger partial charge in [-0.15, -0.1) is 0 Å². The molecule has 1 saturated carbocycles. The Kier molecular flexibility index (Phi) is 7.73. The highest BCUT2D eigenvalue weighted by Gasteiger charge is 2.64. The standard InChI is InChI=1S/C29H27FIN3O9/c1-34(2)22-15-8-11-7-14-16(31)9-17(33-18(35)10-43-13-5-3-12(30)4-6-13)23(36)20(14)24(37)19(11)26(39)29(15,42)27(40)21(25(22)38)28(32)41/h3-6,9,11,15,22,36-37,40,42H,7-8,10H2,1-2H3,(H2,32,41)(H,33,35)/t11?,15?,22-,29?/m0/s1. The Bertz CT molecular complexity index is 1650. The molecular weight excluding hydrogens is 680 g/mol. The number of halogens is 2. The third kappa shape index (κ3) is 4.82. The van der Waals surface area contributed by atoms with E-state index in [-0.39, 0.29) is 35.4 Å². The van der Waals surface area contributed by atoms with Gasteiger partial charge < -0.3 is 36.2 Å². The highest BCUT2D eigenvalue weighted by Crippen LogP contribution is 2.53. The first-order chi connectivity index (χ1) is 20.2. The van der Waals surface area contributed by atoms with Crippen LogP contribution >= 0.6 is 22.6 Å². The monoisotopic (exact) mass is 707 g/mol. The summed E-state index contributed by atoms with van der Waals surface area (Å²) in [7, 11) is 3.05. The molecule has 1 fully saturated rings. The van der Waals surface area contributed by atoms with E-state index in [4.69, 9.17) is 10.5 Å². The maximum Gasteiger partial charge on any atom is 0.262 e. The summed E-state index contributed by atoms with van der Waals surface area (Å²) in [6.07, 6.45) is 0.0735. The van der Waals surface area contributed by atoms with Gasteiger partial charge in [0.15, 0.2) is 18.0 Å². The van der Waals surface area contributed by atoms with Crippen LogP contribution in [-0.4, -0.2) is 81.1 Å². The van der Waals surface area contributed by atoms with Crippen molar-refractivity contribution in [3.8, 4) is 11.5 Å². The number of ether oxygens (including phenoxy) is 1. The smallest absolute Gasteiger partial charge is 0.262 e. The van der Waals surface area contributed by atoms with Crippen LogP contribution in [0.2, 0.25) is 0 Å². The summed E-state index contributed by atoms with van der Waals surface area (Å²) in [6, 6.07) is 5.30. The number of likely N-dealkylation sites (N-methyl/N-ethyl adjacent to an activating group) is 1. The Morgan fingerprint density at radius 3 is 2.44 bits per heavy atom. The quantitative estimate of drug-likeness (QED) is 0.146. The molecule has 5 rings (SSSR count). The van der Waals surface area contributed by atoms with Gasteiger partial charge in [0.2, 0.25) is 5.78 Å². The molecule has 2 amide bonds. The average Bonchev–Trinajstić information content (AvgIpc) is 2.92. The summed E-state index contributed by atoms with van der Waals surface area (Å²) in [5.41, 5.74) is 1.59. The second kappa shape index (κ2) is 10.9. The van der Waals surface area contributed by atoms with E-state index in [1.165, 1.54) is 37.2 Å². The minimum atomic E-state index is -2.75. The fraction of sp³-hybridized carbons (Fsp3) is 0.310. The topological polar surface area (TPSA) is 200 Å². The summed E-state index contributed by atoms with van der Waals surface area (Å²) >= 11 is 1.96. The number of aromatic hydroxyl groups is 1. The lowest BCUT2D eigenvalue weighted by Gasteiger charge is -2.50. The molecule has 3 aliphatic carbocycles. The van der Waals surface area contributed by atoms with Crippen molar-refractivity contribution in [3.05, 3.63) is 67.8 Å². The first-order valence-electron chi connectivity index (χ1n) is 13.1. The Labute approximate surface area is 257 Å². The Balaban J connectivity index is 1.53. The molecule has 0 radical (unpaired) electrons. The fourth-order valence-electron chi connectivity index (χ4n) is 6.23. The van der Waals surface area contributed by atoms with Crippen LogP contribution in [-0.2, 0) is 25.6 Å². The second-order valence-electron chi connectivity index (χ2n) is 10.9. The predicted octanol–water partition coefficient (Wildman–Crippen LogP) is 1.73. The van der Waals surface area contributed by atoms with Crippen molar-refractivity contribution >= 4 is 57.4 Å². The summed E-state index contributed by atoms with van der Waals surface area (Å²) in [5.74, 6) is -8.53. The van der Waals surface area contributed by atoms with Gasteiger partial charge in [0.05, 0.1) is 17.3 Å². The number of fused-ring (bicyclic) bond motifs is 3. The lowest BCUT2D eigenvalue weighted by molar-refractivity contribution is -0.153. The molecule has 0 spiro atoms. The number of Topliss-reactive ketones (excluding diaryl/α,β-unsaturated/α-hetero) is 2. The summed E-state index contributed by atoms with van der Waals surface area (Å²) in [4.78, 5) is 53.3. The lowest BCUT2D eigenvalue weighted by Crippen LogP contribution is -2.65. The molecule has 2 aromatic carbocycles. The number of aliphatic hydroxyl groups excluding tert-OH is 2. The highest BCUT2D eigenvalue weighted by atomic mass is 127. The van der Waals surface area contributed by atoms with Gasteiger partial charge in [-0.1, -0.05) is 0 Å². The lowest BCUT2D eigenvalue weighted by atomic mass is 9.57. The van der Waals surface area contributed by atoms with Gasteiger partial charge in [-0.3, -0.25) is 24.1 Å². The maximum atomic E-state index is 14.0. The molecule has 4 atom stereocenters. The zero-order valence-electron chi connectivity index (χ0n) is 22.9. The minimum absolute atomic E-state index is 0.0399. The van der Waals surface area contributed by atoms with Gasteiger partial charge in [-0.25, -0.2) is 4.39 Å². The number of phenols is 1. The van der Waals surface area contributed by atoms with Crippen LogP contribution in [0.1, 0.15) is 17.5 Å². The number of benzene rings is 2. The molecule has 43 heavy (non-hydrogen) atoms. The van der Waals surface area contributed by atoms with E-state index in [1.807, 2.05) is 22.6 Å². The van der Waals surface area contributed by atoms with Crippen LogP contribution in [0.3, 0.4) is 0 Å². The van der Waals surface area contributed by atoms with Crippen LogP contribution in [0, 0.1) is 21.2 Å². The van der Waals surface area contributed by atoms with Crippen LogP contribution in [0.4, 0.5) is 10.1 Å². The molecule has 3 unspecified atom stereocenters. The number of rotatable bonds is 6. The molecule has 0 aromatic heterocycles. The van der Waals surface area contributed by atoms with Crippen molar-refractivity contribution in [1.29, 1.82) is 0 Å². The third-order valence-electron chi connectivity index (χ3n) is 8.12. The van der Waals surface area contributed by atoms with Crippen LogP contribution in [0.15, 0.2) is 47.2 Å². The number of nitrogens with zero attached hydrogens (tertiary/aromatic N) is 1. The van der Waals surface area contributed by atoms with Crippen molar-refractivity contribution in [2.45, 2.75) is 24.5 Å². The van der Waals surface area contributed by atoms with E-state index in [9.17, 15) is 44.0 Å². The second-order valence-corrected chi connectivity index (χ2v) is 12.0. The van der Waals surface area contributed by atoms with Gasteiger partial charge in [0.25, 0.3) is 11.8 Å². The third-order valence-corrected chi connectivity index (χ3v) is 9.09. The molecule has 0 saturated heterocycles. The number of nitrogens with one attached hydrogen (secondary N) is 1. The van der Waals surface area contributed by atoms with E-state index in [1.54, 1.807) is 0 Å². The molecule has 12 nitrogen and oxygen atoms in total. The average molecular weight is 707 g/mol. The molecule has 0 bridgehead atoms.